The summed E-state index contributed by atoms with van der Waals surface area (Å²) in [5, 5.41) is 13.4. The van der Waals surface area contributed by atoms with Crippen molar-refractivity contribution in [1.29, 1.82) is 0 Å². The van der Waals surface area contributed by atoms with Gasteiger partial charge in [0.15, 0.2) is 11.6 Å². The number of fused-ring (bicyclic) bond motifs is 2. The second kappa shape index (κ2) is 5.43. The van der Waals surface area contributed by atoms with Crippen molar-refractivity contribution in [2.45, 2.75) is 25.2 Å². The second-order valence-electron chi connectivity index (χ2n) is 6.99. The molecule has 2 aromatic rings. The molecule has 1 heterocycles. The molecule has 0 aromatic heterocycles. The maximum Gasteiger partial charge on any atom is 0.192 e. The maximum atomic E-state index is 13.2. The lowest BCUT2D eigenvalue weighted by Crippen LogP contribution is -2.31. The Morgan fingerprint density at radius 1 is 0.923 bits per heavy atom. The number of hydrogen-bond acceptors (Lipinski definition) is 4. The van der Waals surface area contributed by atoms with Crippen LogP contribution >= 0.6 is 0 Å². The van der Waals surface area contributed by atoms with Gasteiger partial charge < -0.3 is 10.4 Å². The summed E-state index contributed by atoms with van der Waals surface area (Å²) in [7, 11) is 0. The molecule has 1 aliphatic heterocycles. The van der Waals surface area contributed by atoms with Crippen LogP contribution in [-0.4, -0.2) is 16.7 Å². The first-order chi connectivity index (χ1) is 12.6. The van der Waals surface area contributed by atoms with Gasteiger partial charge in [-0.1, -0.05) is 36.4 Å². The van der Waals surface area contributed by atoms with E-state index in [-0.39, 0.29) is 17.3 Å². The predicted molar refractivity (Wildman–Crippen MR) is 97.6 cm³/mol. The lowest BCUT2D eigenvalue weighted by Gasteiger charge is -2.33. The molecular weight excluding hydrogens is 326 g/mol. The minimum Gasteiger partial charge on any atom is -0.508 e. The first-order valence-electron chi connectivity index (χ1n) is 8.85. The molecule has 0 amide bonds. The molecule has 26 heavy (non-hydrogen) atoms. The number of allylic oxidation sites excluding steroid dienone is 3. The highest BCUT2D eigenvalue weighted by molar-refractivity contribution is 6.23. The minimum absolute atomic E-state index is 0.0404. The van der Waals surface area contributed by atoms with Crippen molar-refractivity contribution in [2.24, 2.45) is 0 Å². The number of carbonyl (C=O) groups excluding carboxylic acids is 2. The van der Waals surface area contributed by atoms with E-state index in [2.05, 4.69) is 5.32 Å². The number of rotatable bonds is 1. The molecule has 0 saturated heterocycles. The average molecular weight is 343 g/mol. The van der Waals surface area contributed by atoms with E-state index in [1.807, 2.05) is 30.3 Å². The van der Waals surface area contributed by atoms with Crippen molar-refractivity contribution >= 4 is 17.3 Å². The van der Waals surface area contributed by atoms with Gasteiger partial charge in [0, 0.05) is 40.3 Å². The summed E-state index contributed by atoms with van der Waals surface area (Å²) in [6.45, 7) is 0. The first kappa shape index (κ1) is 15.1. The number of phenols is 1. The van der Waals surface area contributed by atoms with E-state index in [4.69, 9.17) is 0 Å². The number of dihydropyridines is 1. The molecule has 4 nitrogen and oxygen atoms in total. The van der Waals surface area contributed by atoms with Crippen LogP contribution in [0.1, 0.15) is 46.7 Å². The molecule has 0 saturated carbocycles. The van der Waals surface area contributed by atoms with Crippen molar-refractivity contribution in [3.05, 3.63) is 82.1 Å². The van der Waals surface area contributed by atoms with Crippen LogP contribution in [-0.2, 0) is 4.79 Å². The molecule has 0 spiro atoms. The Morgan fingerprint density at radius 3 is 2.54 bits per heavy atom. The third kappa shape index (κ3) is 2.02. The van der Waals surface area contributed by atoms with E-state index in [0.29, 0.717) is 23.1 Å². The third-order valence-electron chi connectivity index (χ3n) is 5.47. The van der Waals surface area contributed by atoms with Crippen LogP contribution in [0.25, 0.3) is 5.70 Å². The topological polar surface area (TPSA) is 66.4 Å². The fourth-order valence-corrected chi connectivity index (χ4v) is 4.37. The Hall–Kier alpha value is -3.14. The van der Waals surface area contributed by atoms with E-state index in [9.17, 15) is 14.7 Å². The number of nitrogens with one attached hydrogen (secondary N) is 1. The Kier molecular flexibility index (Phi) is 3.16. The predicted octanol–water partition coefficient (Wildman–Crippen LogP) is 3.69. The number of ketones is 2. The molecule has 2 aliphatic carbocycles. The number of carbonyl (C=O) groups is 2. The molecule has 1 atom stereocenters. The summed E-state index contributed by atoms with van der Waals surface area (Å²) >= 11 is 0. The van der Waals surface area contributed by atoms with E-state index in [1.165, 1.54) is 0 Å². The third-order valence-corrected chi connectivity index (χ3v) is 5.47. The largest absolute Gasteiger partial charge is 0.508 e. The minimum atomic E-state index is -0.430. The number of aromatic hydroxyl groups is 1. The van der Waals surface area contributed by atoms with E-state index < -0.39 is 5.92 Å². The maximum absolute atomic E-state index is 13.2. The average Bonchev–Trinajstić information content (AvgIpc) is 2.93. The summed E-state index contributed by atoms with van der Waals surface area (Å²) in [6.07, 6.45) is 2.11. The standard InChI is InChI=1S/C22H17NO3/c24-13-6-3-5-12(11-13)18-19-16(9-4-10-17(19)25)23-21-14-7-1-2-8-15(14)22(26)20(18)21/h1-3,5-8,11,18,23-24H,4,9-10H2/t18-/m0/s1. The Labute approximate surface area is 150 Å². The summed E-state index contributed by atoms with van der Waals surface area (Å²) in [5.74, 6) is -0.249. The van der Waals surface area contributed by atoms with E-state index in [0.717, 1.165) is 35.4 Å². The van der Waals surface area contributed by atoms with Crippen molar-refractivity contribution in [1.82, 2.24) is 5.32 Å². The first-order valence-corrected chi connectivity index (χ1v) is 8.85. The number of phenolic OH excluding ortho intramolecular Hbond substituents is 1. The smallest absolute Gasteiger partial charge is 0.192 e. The van der Waals surface area contributed by atoms with Crippen LogP contribution in [0.5, 0.6) is 5.75 Å². The lowest BCUT2D eigenvalue weighted by molar-refractivity contribution is -0.116. The second-order valence-corrected chi connectivity index (χ2v) is 6.99. The highest BCUT2D eigenvalue weighted by Gasteiger charge is 2.43. The lowest BCUT2D eigenvalue weighted by atomic mass is 9.75. The zero-order chi connectivity index (χ0) is 17.8. The zero-order valence-corrected chi connectivity index (χ0v) is 14.1. The summed E-state index contributed by atoms with van der Waals surface area (Å²) in [6, 6.07) is 14.4. The molecule has 4 heteroatoms. The molecule has 0 fully saturated rings. The molecule has 0 unspecified atom stereocenters. The van der Waals surface area contributed by atoms with Crippen molar-refractivity contribution in [3.8, 4) is 5.75 Å². The van der Waals surface area contributed by atoms with E-state index >= 15 is 0 Å². The van der Waals surface area contributed by atoms with E-state index in [1.54, 1.807) is 18.2 Å². The van der Waals surface area contributed by atoms with Crippen LogP contribution in [0.2, 0.25) is 0 Å². The molecule has 0 bridgehead atoms. The van der Waals surface area contributed by atoms with Crippen LogP contribution in [0.4, 0.5) is 0 Å². The molecule has 3 aliphatic rings. The van der Waals surface area contributed by atoms with Crippen LogP contribution < -0.4 is 5.32 Å². The Morgan fingerprint density at radius 2 is 1.73 bits per heavy atom. The fraction of sp³-hybridized carbons (Fsp3) is 0.182. The molecular formula is C22H17NO3. The summed E-state index contributed by atoms with van der Waals surface area (Å²) < 4.78 is 0. The Bertz CT molecular complexity index is 1040. The molecule has 5 rings (SSSR count). The summed E-state index contributed by atoms with van der Waals surface area (Å²) in [5.41, 5.74) is 5.37. The van der Waals surface area contributed by atoms with Crippen molar-refractivity contribution < 1.29 is 14.7 Å². The van der Waals surface area contributed by atoms with Gasteiger partial charge >= 0.3 is 0 Å². The van der Waals surface area contributed by atoms with Gasteiger partial charge in [0.1, 0.15) is 5.75 Å². The van der Waals surface area contributed by atoms with Crippen molar-refractivity contribution in [3.63, 3.8) is 0 Å². The number of benzene rings is 2. The van der Waals surface area contributed by atoms with Gasteiger partial charge in [0.25, 0.3) is 0 Å². The van der Waals surface area contributed by atoms with Crippen LogP contribution in [0.15, 0.2) is 65.4 Å². The SMILES string of the molecule is O=C1CCCC2=C1[C@H](c1cccc(O)c1)C1=C(N2)c2ccccc2C1=O. The molecule has 2 aromatic carbocycles. The van der Waals surface area contributed by atoms with Gasteiger partial charge in [-0.2, -0.15) is 0 Å². The van der Waals surface area contributed by atoms with Gasteiger partial charge in [-0.3, -0.25) is 9.59 Å². The molecule has 2 N–H and O–H groups in total. The van der Waals surface area contributed by atoms with Gasteiger partial charge in [0.05, 0.1) is 5.70 Å². The van der Waals surface area contributed by atoms with Gasteiger partial charge in [0.2, 0.25) is 0 Å². The van der Waals surface area contributed by atoms with Crippen molar-refractivity contribution in [2.75, 3.05) is 0 Å². The normalized spacial score (nSPS) is 21.3. The van der Waals surface area contributed by atoms with Gasteiger partial charge in [-0.05, 0) is 30.5 Å². The molecule has 128 valence electrons. The quantitative estimate of drug-likeness (QED) is 0.829. The highest BCUT2D eigenvalue weighted by Crippen LogP contribution is 2.48. The zero-order valence-electron chi connectivity index (χ0n) is 14.1. The number of Topliss-reactive ketones (excluding diaryl/α,β-unsaturated/α-hetero) is 2. The number of hydrogen-bond donors (Lipinski definition) is 2. The fourth-order valence-electron chi connectivity index (χ4n) is 4.37. The Balaban J connectivity index is 1.77. The van der Waals surface area contributed by atoms with Crippen LogP contribution in [0.3, 0.4) is 0 Å². The summed E-state index contributed by atoms with van der Waals surface area (Å²) in [4.78, 5) is 26.0. The highest BCUT2D eigenvalue weighted by atomic mass is 16.3. The van der Waals surface area contributed by atoms with Gasteiger partial charge in [-0.15, -0.1) is 0 Å². The monoisotopic (exact) mass is 343 g/mol. The molecule has 0 radical (unpaired) electrons. The van der Waals surface area contributed by atoms with Crippen LogP contribution in [0, 0.1) is 0 Å². The van der Waals surface area contributed by atoms with Gasteiger partial charge in [-0.25, -0.2) is 0 Å².